The van der Waals surface area contributed by atoms with Crippen molar-refractivity contribution in [3.8, 4) is 0 Å². The molecule has 0 radical (unpaired) electrons. The van der Waals surface area contributed by atoms with E-state index in [0.717, 1.165) is 5.56 Å². The molecule has 0 spiro atoms. The van der Waals surface area contributed by atoms with Crippen LogP contribution in [0, 0.1) is 0 Å². The van der Waals surface area contributed by atoms with Gasteiger partial charge < -0.3 is 0 Å². The number of hydrogen-bond acceptors (Lipinski definition) is 1. The van der Waals surface area contributed by atoms with Gasteiger partial charge in [-0.15, -0.1) is 11.6 Å². The highest BCUT2D eigenvalue weighted by atomic mass is 35.5. The van der Waals surface area contributed by atoms with Gasteiger partial charge in [-0.1, -0.05) is 17.7 Å². The van der Waals surface area contributed by atoms with Crippen LogP contribution in [0.3, 0.4) is 0 Å². The quantitative estimate of drug-likeness (QED) is 0.473. The summed E-state index contributed by atoms with van der Waals surface area (Å²) in [6.45, 7) is 1.87. The number of nitrogens with zero attached hydrogens (tertiary/aromatic N) is 1. The largest absolute Gasteiger partial charge is 0.244 e. The molecule has 54 valence electrons. The van der Waals surface area contributed by atoms with Crippen LogP contribution in [0.15, 0.2) is 18.3 Å². The van der Waals surface area contributed by atoms with Crippen molar-refractivity contribution >= 4 is 23.2 Å². The van der Waals surface area contributed by atoms with E-state index in [1.54, 1.807) is 6.20 Å². The normalized spacial score (nSPS) is 13.1. The van der Waals surface area contributed by atoms with Crippen LogP contribution in [-0.4, -0.2) is 4.98 Å². The van der Waals surface area contributed by atoms with E-state index in [0.29, 0.717) is 5.15 Å². The van der Waals surface area contributed by atoms with Gasteiger partial charge in [-0.05, 0) is 13.0 Å². The molecule has 0 saturated heterocycles. The third kappa shape index (κ3) is 1.61. The van der Waals surface area contributed by atoms with Gasteiger partial charge >= 0.3 is 0 Å². The summed E-state index contributed by atoms with van der Waals surface area (Å²) >= 11 is 11.5. The lowest BCUT2D eigenvalue weighted by atomic mass is 10.2. The number of pyridine rings is 1. The molecule has 0 aromatic carbocycles. The van der Waals surface area contributed by atoms with Crippen molar-refractivity contribution in [2.24, 2.45) is 0 Å². The first-order valence-corrected chi connectivity index (χ1v) is 3.77. The summed E-state index contributed by atoms with van der Waals surface area (Å²) < 4.78 is 0. The van der Waals surface area contributed by atoms with E-state index in [9.17, 15) is 0 Å². The van der Waals surface area contributed by atoms with E-state index in [1.807, 2.05) is 19.1 Å². The maximum atomic E-state index is 5.78. The minimum absolute atomic E-state index is 0.0683. The highest BCUT2D eigenvalue weighted by Gasteiger charge is 2.04. The molecule has 0 amide bonds. The van der Waals surface area contributed by atoms with Crippen molar-refractivity contribution in [1.82, 2.24) is 4.98 Å². The first kappa shape index (κ1) is 7.83. The summed E-state index contributed by atoms with van der Waals surface area (Å²) in [5.74, 6) is 0. The van der Waals surface area contributed by atoms with E-state index in [4.69, 9.17) is 23.2 Å². The Bertz CT molecular complexity index is 223. The predicted molar refractivity (Wildman–Crippen MR) is 43.5 cm³/mol. The average Bonchev–Trinajstić information content (AvgIpc) is 1.88. The number of hydrogen-bond donors (Lipinski definition) is 0. The fourth-order valence-electron chi connectivity index (χ4n) is 0.695. The fraction of sp³-hybridized carbons (Fsp3) is 0.286. The second-order valence-electron chi connectivity index (χ2n) is 2.00. The van der Waals surface area contributed by atoms with E-state index in [1.165, 1.54) is 0 Å². The lowest BCUT2D eigenvalue weighted by molar-refractivity contribution is 1.06. The molecule has 0 aliphatic carbocycles. The maximum Gasteiger partial charge on any atom is 0.133 e. The molecule has 0 aliphatic rings. The number of rotatable bonds is 1. The number of aromatic nitrogens is 1. The zero-order valence-corrected chi connectivity index (χ0v) is 7.02. The van der Waals surface area contributed by atoms with E-state index in [-0.39, 0.29) is 5.38 Å². The second kappa shape index (κ2) is 3.22. The predicted octanol–water partition coefficient (Wildman–Crippen LogP) is 3.03. The van der Waals surface area contributed by atoms with E-state index in [2.05, 4.69) is 4.98 Å². The zero-order valence-electron chi connectivity index (χ0n) is 5.51. The molecule has 1 aromatic rings. The lowest BCUT2D eigenvalue weighted by Gasteiger charge is -2.02. The van der Waals surface area contributed by atoms with Gasteiger partial charge in [0.2, 0.25) is 0 Å². The highest BCUT2D eigenvalue weighted by Crippen LogP contribution is 2.24. The van der Waals surface area contributed by atoms with Crippen LogP contribution in [0.25, 0.3) is 0 Å². The van der Waals surface area contributed by atoms with E-state index >= 15 is 0 Å². The first-order valence-electron chi connectivity index (χ1n) is 2.96. The number of halogens is 2. The molecule has 10 heavy (non-hydrogen) atoms. The van der Waals surface area contributed by atoms with Crippen molar-refractivity contribution in [1.29, 1.82) is 0 Å². The molecule has 1 heterocycles. The smallest absolute Gasteiger partial charge is 0.133 e. The Balaban J connectivity index is 3.03. The van der Waals surface area contributed by atoms with Crippen LogP contribution in [0.5, 0.6) is 0 Å². The Morgan fingerprint density at radius 1 is 1.60 bits per heavy atom. The minimum atomic E-state index is -0.0683. The SMILES string of the molecule is CC(Cl)c1cccnc1Cl. The Kier molecular flexibility index (Phi) is 2.52. The molecule has 1 nitrogen and oxygen atoms in total. The summed E-state index contributed by atoms with van der Waals surface area (Å²) in [6.07, 6.45) is 1.64. The van der Waals surface area contributed by atoms with Crippen LogP contribution < -0.4 is 0 Å². The van der Waals surface area contributed by atoms with Crippen molar-refractivity contribution in [2.75, 3.05) is 0 Å². The molecule has 0 saturated carbocycles. The van der Waals surface area contributed by atoms with Crippen molar-refractivity contribution < 1.29 is 0 Å². The molecule has 1 atom stereocenters. The zero-order chi connectivity index (χ0) is 7.56. The molecule has 3 heteroatoms. The molecule has 1 unspecified atom stereocenters. The van der Waals surface area contributed by atoms with Crippen LogP contribution in [0.2, 0.25) is 5.15 Å². The second-order valence-corrected chi connectivity index (χ2v) is 3.01. The molecule has 0 fully saturated rings. The Hall–Kier alpha value is -0.270. The van der Waals surface area contributed by atoms with Crippen molar-refractivity contribution in [2.45, 2.75) is 12.3 Å². The Morgan fingerprint density at radius 3 is 2.70 bits per heavy atom. The first-order chi connectivity index (χ1) is 4.72. The van der Waals surface area contributed by atoms with Crippen LogP contribution in [0.1, 0.15) is 17.9 Å². The van der Waals surface area contributed by atoms with Gasteiger partial charge in [0.1, 0.15) is 5.15 Å². The third-order valence-corrected chi connectivity index (χ3v) is 1.77. The summed E-state index contributed by atoms with van der Waals surface area (Å²) in [5.41, 5.74) is 0.880. The molecular formula is C7H7Cl2N. The Morgan fingerprint density at radius 2 is 2.30 bits per heavy atom. The molecule has 1 aromatic heterocycles. The number of alkyl halides is 1. The molecule has 0 bridgehead atoms. The molecule has 0 N–H and O–H groups in total. The van der Waals surface area contributed by atoms with Gasteiger partial charge in [0.05, 0.1) is 5.38 Å². The van der Waals surface area contributed by atoms with Gasteiger partial charge in [0, 0.05) is 11.8 Å². The topological polar surface area (TPSA) is 12.9 Å². The molecule has 0 aliphatic heterocycles. The fourth-order valence-corrected chi connectivity index (χ4v) is 1.21. The third-order valence-electron chi connectivity index (χ3n) is 1.22. The summed E-state index contributed by atoms with van der Waals surface area (Å²) in [6, 6.07) is 3.69. The van der Waals surface area contributed by atoms with Crippen LogP contribution in [0.4, 0.5) is 0 Å². The highest BCUT2D eigenvalue weighted by molar-refractivity contribution is 6.31. The van der Waals surface area contributed by atoms with Gasteiger partial charge in [-0.3, -0.25) is 0 Å². The summed E-state index contributed by atoms with van der Waals surface area (Å²) in [7, 11) is 0. The summed E-state index contributed by atoms with van der Waals surface area (Å²) in [5, 5.41) is 0.422. The monoisotopic (exact) mass is 175 g/mol. The molecule has 1 rings (SSSR count). The van der Waals surface area contributed by atoms with Crippen LogP contribution >= 0.6 is 23.2 Å². The minimum Gasteiger partial charge on any atom is -0.244 e. The summed E-state index contributed by atoms with van der Waals surface area (Å²) in [4.78, 5) is 3.88. The maximum absolute atomic E-state index is 5.78. The molecular weight excluding hydrogens is 169 g/mol. The van der Waals surface area contributed by atoms with Crippen molar-refractivity contribution in [3.63, 3.8) is 0 Å². The average molecular weight is 176 g/mol. The Labute approximate surface area is 70.0 Å². The van der Waals surface area contributed by atoms with Gasteiger partial charge in [-0.2, -0.15) is 0 Å². The van der Waals surface area contributed by atoms with Gasteiger partial charge in [0.25, 0.3) is 0 Å². The van der Waals surface area contributed by atoms with E-state index < -0.39 is 0 Å². The van der Waals surface area contributed by atoms with Gasteiger partial charge in [0.15, 0.2) is 0 Å². The van der Waals surface area contributed by atoms with Crippen LogP contribution in [-0.2, 0) is 0 Å². The van der Waals surface area contributed by atoms with Gasteiger partial charge in [-0.25, -0.2) is 4.98 Å². The standard InChI is InChI=1S/C7H7Cl2N/c1-5(8)6-3-2-4-10-7(6)9/h2-5H,1H3. The lowest BCUT2D eigenvalue weighted by Crippen LogP contribution is -1.86. The van der Waals surface area contributed by atoms with Crippen molar-refractivity contribution in [3.05, 3.63) is 29.0 Å².